The summed E-state index contributed by atoms with van der Waals surface area (Å²) in [5.74, 6) is -0.372. The van der Waals surface area contributed by atoms with Gasteiger partial charge < -0.3 is 14.8 Å². The molecule has 5 atom stereocenters. The third kappa shape index (κ3) is 4.45. The van der Waals surface area contributed by atoms with Crippen LogP contribution < -0.4 is 16.0 Å². The molecule has 2 saturated heterocycles. The van der Waals surface area contributed by atoms with Crippen molar-refractivity contribution in [1.29, 1.82) is 0 Å². The molecule has 1 aliphatic carbocycles. The lowest BCUT2D eigenvalue weighted by molar-refractivity contribution is -0.134. The molecule has 25 heavy (non-hydrogen) atoms. The zero-order valence-electron chi connectivity index (χ0n) is 14.3. The minimum Gasteiger partial charge on any atom is -0.450 e. The zero-order chi connectivity index (χ0) is 17.8. The molecule has 3 amide bonds. The third-order valence-electron chi connectivity index (χ3n) is 4.83. The van der Waals surface area contributed by atoms with Crippen molar-refractivity contribution < 1.29 is 23.9 Å². The van der Waals surface area contributed by atoms with Crippen molar-refractivity contribution in [2.45, 2.75) is 62.8 Å². The van der Waals surface area contributed by atoms with Crippen LogP contribution in [-0.4, -0.2) is 54.0 Å². The molecule has 0 spiro atoms. The van der Waals surface area contributed by atoms with E-state index in [1.54, 1.807) is 6.92 Å². The number of carbonyl (C=O) groups excluding carboxylic acids is 3. The van der Waals surface area contributed by atoms with Gasteiger partial charge in [0.15, 0.2) is 6.23 Å². The topological polar surface area (TPSA) is 106 Å². The Balaban J connectivity index is 1.51. The van der Waals surface area contributed by atoms with E-state index in [-0.39, 0.29) is 30.0 Å². The fraction of sp³-hybridized carbons (Fsp3) is 0.812. The van der Waals surface area contributed by atoms with Crippen LogP contribution in [0.25, 0.3) is 0 Å². The number of nitrogens with one attached hydrogen (secondary N) is 3. The van der Waals surface area contributed by atoms with E-state index in [0.29, 0.717) is 6.42 Å². The van der Waals surface area contributed by atoms with Crippen molar-refractivity contribution >= 4 is 29.7 Å². The minimum atomic E-state index is -0.751. The summed E-state index contributed by atoms with van der Waals surface area (Å²) in [6.07, 6.45) is 3.57. The highest BCUT2D eigenvalue weighted by atomic mass is 32.2. The normalized spacial score (nSPS) is 34.2. The number of amides is 3. The number of hydrogen-bond acceptors (Lipinski definition) is 7. The first-order valence-electron chi connectivity index (χ1n) is 8.89. The first-order chi connectivity index (χ1) is 12.1. The Morgan fingerprint density at radius 3 is 2.76 bits per heavy atom. The van der Waals surface area contributed by atoms with Crippen molar-refractivity contribution in [3.63, 3.8) is 0 Å². The molecule has 2 heterocycles. The largest absolute Gasteiger partial charge is 0.450 e. The van der Waals surface area contributed by atoms with Crippen molar-refractivity contribution in [2.24, 2.45) is 5.92 Å². The number of alkyl carbamates (subject to hydrolysis) is 1. The molecular formula is C16H25N3O5S. The van der Waals surface area contributed by atoms with Gasteiger partial charge in [0, 0.05) is 6.04 Å². The molecule has 1 saturated carbocycles. The van der Waals surface area contributed by atoms with Gasteiger partial charge in [0.1, 0.15) is 0 Å². The summed E-state index contributed by atoms with van der Waals surface area (Å²) in [5, 5.41) is 7.99. The van der Waals surface area contributed by atoms with Gasteiger partial charge in [0.25, 0.3) is 5.91 Å². The average Bonchev–Trinajstić information content (AvgIpc) is 3.21. The Labute approximate surface area is 151 Å². The number of thioether (sulfide) groups is 1. The van der Waals surface area contributed by atoms with E-state index in [0.717, 1.165) is 31.4 Å². The molecule has 3 rings (SSSR count). The molecule has 0 radical (unpaired) electrons. The number of rotatable bonds is 4. The number of fused-ring (bicyclic) bond motifs is 1. The lowest BCUT2D eigenvalue weighted by Crippen LogP contribution is -2.50. The van der Waals surface area contributed by atoms with Gasteiger partial charge in [-0.2, -0.15) is 0 Å². The van der Waals surface area contributed by atoms with Gasteiger partial charge in [0.05, 0.1) is 24.0 Å². The fourth-order valence-electron chi connectivity index (χ4n) is 3.57. The Morgan fingerprint density at radius 1 is 1.20 bits per heavy atom. The lowest BCUT2D eigenvalue weighted by Gasteiger charge is -2.22. The second-order valence-corrected chi connectivity index (χ2v) is 7.77. The van der Waals surface area contributed by atoms with E-state index in [1.807, 2.05) is 0 Å². The number of hydrogen-bond donors (Lipinski definition) is 3. The zero-order valence-corrected chi connectivity index (χ0v) is 15.1. The van der Waals surface area contributed by atoms with Gasteiger partial charge in [-0.05, 0) is 31.9 Å². The van der Waals surface area contributed by atoms with E-state index in [2.05, 4.69) is 16.0 Å². The highest BCUT2D eigenvalue weighted by molar-refractivity contribution is 8.00. The Bertz CT molecular complexity index is 518. The van der Waals surface area contributed by atoms with Crippen molar-refractivity contribution in [1.82, 2.24) is 16.0 Å². The van der Waals surface area contributed by atoms with Gasteiger partial charge in [-0.1, -0.05) is 12.8 Å². The molecule has 3 aliphatic rings. The summed E-state index contributed by atoms with van der Waals surface area (Å²) in [5.41, 5.74) is 0. The Hall–Kier alpha value is -1.32. The molecule has 9 heteroatoms. The maximum atomic E-state index is 12.5. The van der Waals surface area contributed by atoms with Crippen LogP contribution in [-0.2, 0) is 19.1 Å². The van der Waals surface area contributed by atoms with Crippen LogP contribution in [0.5, 0.6) is 0 Å². The molecule has 3 N–H and O–H groups in total. The number of ether oxygens (including phenoxy) is 2. The second-order valence-electron chi connectivity index (χ2n) is 6.52. The summed E-state index contributed by atoms with van der Waals surface area (Å²) in [7, 11) is 0. The smallest absolute Gasteiger partial charge is 0.413 e. The maximum absolute atomic E-state index is 12.5. The van der Waals surface area contributed by atoms with E-state index in [1.165, 1.54) is 11.8 Å². The van der Waals surface area contributed by atoms with Gasteiger partial charge in [-0.3, -0.25) is 20.2 Å². The molecule has 140 valence electrons. The molecule has 5 unspecified atom stereocenters. The van der Waals surface area contributed by atoms with Crippen molar-refractivity contribution in [2.75, 3.05) is 12.4 Å². The fourth-order valence-corrected chi connectivity index (χ4v) is 4.91. The average molecular weight is 371 g/mol. The molecule has 3 fully saturated rings. The second kappa shape index (κ2) is 8.37. The predicted octanol–water partition coefficient (Wildman–Crippen LogP) is 0.712. The minimum absolute atomic E-state index is 0.101. The van der Waals surface area contributed by atoms with Crippen LogP contribution in [0, 0.1) is 5.92 Å². The van der Waals surface area contributed by atoms with Crippen molar-refractivity contribution in [3.05, 3.63) is 0 Å². The van der Waals surface area contributed by atoms with Crippen LogP contribution in [0.1, 0.15) is 39.0 Å². The van der Waals surface area contributed by atoms with Crippen LogP contribution in [0.2, 0.25) is 0 Å². The molecule has 2 aliphatic heterocycles. The highest BCUT2D eigenvalue weighted by Gasteiger charge is 2.42. The predicted molar refractivity (Wildman–Crippen MR) is 91.7 cm³/mol. The van der Waals surface area contributed by atoms with Gasteiger partial charge in [-0.25, -0.2) is 4.79 Å². The molecule has 0 aromatic rings. The van der Waals surface area contributed by atoms with Gasteiger partial charge >= 0.3 is 6.09 Å². The SMILES string of the molecule is CCOC(=O)NC(=O)C1CCSC1NC(=O)C1NC2CCCCC2O1. The maximum Gasteiger partial charge on any atom is 0.413 e. The molecule has 0 aromatic carbocycles. The van der Waals surface area contributed by atoms with Crippen LogP contribution >= 0.6 is 11.8 Å². The van der Waals surface area contributed by atoms with Crippen LogP contribution in [0.15, 0.2) is 0 Å². The summed E-state index contributed by atoms with van der Waals surface area (Å²) in [6.45, 7) is 1.87. The summed E-state index contributed by atoms with van der Waals surface area (Å²) in [4.78, 5) is 36.1. The van der Waals surface area contributed by atoms with Crippen molar-refractivity contribution in [3.8, 4) is 0 Å². The standard InChI is InChI=1S/C16H25N3O5S/c1-2-23-16(22)19-12(20)9-7-8-25-15(9)18-13(21)14-17-10-5-3-4-6-11(10)24-14/h9-11,14-15,17H,2-8H2,1H3,(H,18,21)(H,19,20,22). The van der Waals surface area contributed by atoms with Gasteiger partial charge in [-0.15, -0.1) is 11.8 Å². The lowest BCUT2D eigenvalue weighted by atomic mass is 9.93. The summed E-state index contributed by atoms with van der Waals surface area (Å²) in [6, 6.07) is 0.239. The highest BCUT2D eigenvalue weighted by Crippen LogP contribution is 2.32. The Morgan fingerprint density at radius 2 is 2.00 bits per heavy atom. The Kier molecular flexibility index (Phi) is 6.19. The molecule has 8 nitrogen and oxygen atoms in total. The number of carbonyl (C=O) groups is 3. The van der Waals surface area contributed by atoms with E-state index in [4.69, 9.17) is 9.47 Å². The molecular weight excluding hydrogens is 346 g/mol. The third-order valence-corrected chi connectivity index (χ3v) is 6.11. The number of imide groups is 1. The quantitative estimate of drug-likeness (QED) is 0.668. The molecule has 0 aromatic heterocycles. The monoisotopic (exact) mass is 371 g/mol. The summed E-state index contributed by atoms with van der Waals surface area (Å²) < 4.78 is 10.6. The first-order valence-corrected chi connectivity index (χ1v) is 9.94. The van der Waals surface area contributed by atoms with Crippen LogP contribution in [0.4, 0.5) is 4.79 Å². The van der Waals surface area contributed by atoms with Gasteiger partial charge in [0.2, 0.25) is 5.91 Å². The van der Waals surface area contributed by atoms with E-state index in [9.17, 15) is 14.4 Å². The van der Waals surface area contributed by atoms with E-state index >= 15 is 0 Å². The molecule has 0 bridgehead atoms. The first kappa shape index (κ1) is 18.5. The van der Waals surface area contributed by atoms with Crippen LogP contribution in [0.3, 0.4) is 0 Å². The van der Waals surface area contributed by atoms with E-state index < -0.39 is 24.1 Å². The summed E-state index contributed by atoms with van der Waals surface area (Å²) >= 11 is 1.50.